The van der Waals surface area contributed by atoms with Crippen molar-refractivity contribution in [3.63, 3.8) is 0 Å². The first-order valence-electron chi connectivity index (χ1n) is 5.41. The van der Waals surface area contributed by atoms with Crippen LogP contribution >= 0.6 is 0 Å². The van der Waals surface area contributed by atoms with Gasteiger partial charge in [-0.05, 0) is 26.8 Å². The van der Waals surface area contributed by atoms with Crippen LogP contribution in [0.15, 0.2) is 10.5 Å². The number of aryl methyl sites for hydroxylation is 2. The number of esters is 1. The summed E-state index contributed by atoms with van der Waals surface area (Å²) < 4.78 is 10.0. The van der Waals surface area contributed by atoms with Crippen LogP contribution in [0.5, 0.6) is 0 Å². The van der Waals surface area contributed by atoms with Gasteiger partial charge in [-0.2, -0.15) is 0 Å². The van der Waals surface area contributed by atoms with Gasteiger partial charge in [0.25, 0.3) is 0 Å². The summed E-state index contributed by atoms with van der Waals surface area (Å²) in [6.07, 6.45) is 0.386. The fourth-order valence-corrected chi connectivity index (χ4v) is 1.68. The molecule has 0 radical (unpaired) electrons. The minimum absolute atomic E-state index is 0.183. The number of carbonyl (C=O) groups excluding carboxylic acids is 1. The maximum atomic E-state index is 10.9. The lowest BCUT2D eigenvalue weighted by atomic mass is 10.1. The molecule has 1 aromatic rings. The maximum absolute atomic E-state index is 10.9. The fraction of sp³-hybridized carbons (Fsp3) is 0.583. The third-order valence-corrected chi connectivity index (χ3v) is 2.55. The molecule has 0 aliphatic carbocycles. The van der Waals surface area contributed by atoms with Crippen LogP contribution in [-0.4, -0.2) is 19.6 Å². The van der Waals surface area contributed by atoms with Crippen molar-refractivity contribution >= 4 is 5.97 Å². The standard InChI is InChI=1S/C12H19NO3/c1-8-7-11(10(3)16-8)9(2)13-6-5-12(14)15-4/h7,9,13H,5-6H2,1-4H3. The second-order valence-corrected chi connectivity index (χ2v) is 3.87. The Morgan fingerprint density at radius 3 is 2.75 bits per heavy atom. The molecule has 1 N–H and O–H groups in total. The molecule has 4 nitrogen and oxygen atoms in total. The molecule has 1 aromatic heterocycles. The van der Waals surface area contributed by atoms with E-state index in [0.29, 0.717) is 13.0 Å². The molecule has 1 heterocycles. The molecule has 1 rings (SSSR count). The van der Waals surface area contributed by atoms with Gasteiger partial charge in [0.1, 0.15) is 11.5 Å². The largest absolute Gasteiger partial charge is 0.469 e. The minimum Gasteiger partial charge on any atom is -0.469 e. The molecule has 16 heavy (non-hydrogen) atoms. The Kier molecular flexibility index (Phi) is 4.55. The SMILES string of the molecule is COC(=O)CCNC(C)c1cc(C)oc1C. The predicted molar refractivity (Wildman–Crippen MR) is 61.2 cm³/mol. The highest BCUT2D eigenvalue weighted by Gasteiger charge is 2.12. The first-order valence-corrected chi connectivity index (χ1v) is 5.41. The lowest BCUT2D eigenvalue weighted by Crippen LogP contribution is -2.22. The van der Waals surface area contributed by atoms with Crippen molar-refractivity contribution in [2.24, 2.45) is 0 Å². The van der Waals surface area contributed by atoms with Crippen molar-refractivity contribution in [1.29, 1.82) is 0 Å². The van der Waals surface area contributed by atoms with Gasteiger partial charge in [0, 0.05) is 18.2 Å². The topological polar surface area (TPSA) is 51.5 Å². The number of rotatable bonds is 5. The quantitative estimate of drug-likeness (QED) is 0.780. The Labute approximate surface area is 96.0 Å². The zero-order chi connectivity index (χ0) is 12.1. The smallest absolute Gasteiger partial charge is 0.306 e. The number of carbonyl (C=O) groups is 1. The Morgan fingerprint density at radius 1 is 1.56 bits per heavy atom. The zero-order valence-electron chi connectivity index (χ0n) is 10.3. The zero-order valence-corrected chi connectivity index (χ0v) is 10.3. The Hall–Kier alpha value is -1.29. The summed E-state index contributed by atoms with van der Waals surface area (Å²) in [6, 6.07) is 2.20. The summed E-state index contributed by atoms with van der Waals surface area (Å²) in [7, 11) is 1.40. The average Bonchev–Trinajstić information content (AvgIpc) is 2.57. The molecule has 0 saturated carbocycles. The van der Waals surface area contributed by atoms with Crippen molar-refractivity contribution in [1.82, 2.24) is 5.32 Å². The molecule has 0 amide bonds. The van der Waals surface area contributed by atoms with E-state index in [1.807, 2.05) is 19.9 Å². The molecule has 0 saturated heterocycles. The summed E-state index contributed by atoms with van der Waals surface area (Å²) in [6.45, 7) is 6.53. The van der Waals surface area contributed by atoms with Crippen LogP contribution in [0.3, 0.4) is 0 Å². The minimum atomic E-state index is -0.195. The molecular formula is C12H19NO3. The van der Waals surface area contributed by atoms with Gasteiger partial charge in [-0.15, -0.1) is 0 Å². The van der Waals surface area contributed by atoms with E-state index in [1.54, 1.807) is 0 Å². The number of methoxy groups -OCH3 is 1. The van der Waals surface area contributed by atoms with Crippen molar-refractivity contribution < 1.29 is 13.9 Å². The average molecular weight is 225 g/mol. The highest BCUT2D eigenvalue weighted by atomic mass is 16.5. The van der Waals surface area contributed by atoms with E-state index in [1.165, 1.54) is 7.11 Å². The summed E-state index contributed by atoms with van der Waals surface area (Å²) in [4.78, 5) is 10.9. The van der Waals surface area contributed by atoms with E-state index in [4.69, 9.17) is 4.42 Å². The lowest BCUT2D eigenvalue weighted by Gasteiger charge is -2.12. The molecule has 0 aliphatic heterocycles. The van der Waals surface area contributed by atoms with Crippen molar-refractivity contribution in [2.45, 2.75) is 33.2 Å². The molecule has 0 aromatic carbocycles. The number of nitrogens with one attached hydrogen (secondary N) is 1. The number of hydrogen-bond acceptors (Lipinski definition) is 4. The maximum Gasteiger partial charge on any atom is 0.306 e. The number of ether oxygens (including phenoxy) is 1. The predicted octanol–water partition coefficient (Wildman–Crippen LogP) is 2.11. The molecule has 4 heteroatoms. The molecule has 0 aliphatic rings. The van der Waals surface area contributed by atoms with Crippen molar-refractivity contribution in [3.8, 4) is 0 Å². The van der Waals surface area contributed by atoms with E-state index in [0.717, 1.165) is 17.1 Å². The van der Waals surface area contributed by atoms with Gasteiger partial charge < -0.3 is 14.5 Å². The van der Waals surface area contributed by atoms with E-state index < -0.39 is 0 Å². The Balaban J connectivity index is 2.43. The number of furan rings is 1. The first kappa shape index (κ1) is 12.8. The van der Waals surface area contributed by atoms with Crippen molar-refractivity contribution in [2.75, 3.05) is 13.7 Å². The van der Waals surface area contributed by atoms with Gasteiger partial charge in [-0.1, -0.05) is 0 Å². The van der Waals surface area contributed by atoms with Crippen molar-refractivity contribution in [3.05, 3.63) is 23.2 Å². The summed E-state index contributed by atoms with van der Waals surface area (Å²) in [5.41, 5.74) is 1.14. The fourth-order valence-electron chi connectivity index (χ4n) is 1.68. The van der Waals surface area contributed by atoms with Gasteiger partial charge in [0.2, 0.25) is 0 Å². The molecule has 1 unspecified atom stereocenters. The molecule has 0 bridgehead atoms. The molecule has 90 valence electrons. The normalized spacial score (nSPS) is 12.5. The van der Waals surface area contributed by atoms with Crippen LogP contribution in [0.25, 0.3) is 0 Å². The van der Waals surface area contributed by atoms with Gasteiger partial charge in [-0.25, -0.2) is 0 Å². The molecule has 0 spiro atoms. The lowest BCUT2D eigenvalue weighted by molar-refractivity contribution is -0.140. The van der Waals surface area contributed by atoms with Crippen LogP contribution in [0.1, 0.15) is 36.5 Å². The molecular weight excluding hydrogens is 206 g/mol. The van der Waals surface area contributed by atoms with E-state index in [-0.39, 0.29) is 12.0 Å². The van der Waals surface area contributed by atoms with Gasteiger partial charge in [0.15, 0.2) is 0 Å². The summed E-state index contributed by atoms with van der Waals surface area (Å²) >= 11 is 0. The third-order valence-electron chi connectivity index (χ3n) is 2.55. The van der Waals surface area contributed by atoms with Gasteiger partial charge in [0.05, 0.1) is 13.5 Å². The second-order valence-electron chi connectivity index (χ2n) is 3.87. The highest BCUT2D eigenvalue weighted by molar-refractivity contribution is 5.69. The highest BCUT2D eigenvalue weighted by Crippen LogP contribution is 2.20. The van der Waals surface area contributed by atoms with Crippen LogP contribution < -0.4 is 5.32 Å². The molecule has 1 atom stereocenters. The van der Waals surface area contributed by atoms with Crippen LogP contribution in [0.2, 0.25) is 0 Å². The third kappa shape index (κ3) is 3.38. The van der Waals surface area contributed by atoms with Gasteiger partial charge in [-0.3, -0.25) is 4.79 Å². The Bertz CT molecular complexity index is 357. The monoisotopic (exact) mass is 225 g/mol. The second kappa shape index (κ2) is 5.70. The molecule has 0 fully saturated rings. The van der Waals surface area contributed by atoms with Gasteiger partial charge >= 0.3 is 5.97 Å². The first-order chi connectivity index (χ1) is 7.54. The van der Waals surface area contributed by atoms with Crippen LogP contribution in [-0.2, 0) is 9.53 Å². The van der Waals surface area contributed by atoms with E-state index in [9.17, 15) is 4.79 Å². The summed E-state index contributed by atoms with van der Waals surface area (Å²) in [5.74, 6) is 1.64. The summed E-state index contributed by atoms with van der Waals surface area (Å²) in [5, 5.41) is 3.26. The van der Waals surface area contributed by atoms with Crippen LogP contribution in [0.4, 0.5) is 0 Å². The number of hydrogen-bond donors (Lipinski definition) is 1. The van der Waals surface area contributed by atoms with Crippen LogP contribution in [0, 0.1) is 13.8 Å². The Morgan fingerprint density at radius 2 is 2.25 bits per heavy atom. The van der Waals surface area contributed by atoms with E-state index >= 15 is 0 Å². The van der Waals surface area contributed by atoms with E-state index in [2.05, 4.69) is 17.0 Å².